The van der Waals surface area contributed by atoms with Crippen LogP contribution in [0.2, 0.25) is 0 Å². The Hall–Kier alpha value is -0.0800. The highest BCUT2D eigenvalue weighted by atomic mass is 16.3. The predicted octanol–water partition coefficient (Wildman–Crippen LogP) is 3.59. The van der Waals surface area contributed by atoms with Gasteiger partial charge in [-0.1, -0.05) is 41.0 Å². The molecular formula is C15H33NO. The minimum atomic E-state index is 0.0862. The molecule has 0 aliphatic rings. The SMILES string of the molecule is CCC(C)CC(CC)NCC(CC)(CC)CO. The van der Waals surface area contributed by atoms with Crippen molar-refractivity contribution < 1.29 is 5.11 Å². The van der Waals surface area contributed by atoms with Gasteiger partial charge in [-0.25, -0.2) is 0 Å². The second kappa shape index (κ2) is 8.93. The minimum absolute atomic E-state index is 0.0862. The number of aliphatic hydroxyl groups is 1. The van der Waals surface area contributed by atoms with E-state index in [-0.39, 0.29) is 5.41 Å². The molecule has 0 aromatic heterocycles. The molecule has 2 atom stereocenters. The van der Waals surface area contributed by atoms with Crippen molar-refractivity contribution in [1.82, 2.24) is 5.32 Å². The molecule has 0 radical (unpaired) electrons. The summed E-state index contributed by atoms with van der Waals surface area (Å²) < 4.78 is 0. The Morgan fingerprint density at radius 1 is 1.06 bits per heavy atom. The van der Waals surface area contributed by atoms with Crippen molar-refractivity contribution in [3.8, 4) is 0 Å². The Bertz CT molecular complexity index is 169. The van der Waals surface area contributed by atoms with Gasteiger partial charge in [0.05, 0.1) is 0 Å². The van der Waals surface area contributed by atoms with Gasteiger partial charge in [0, 0.05) is 24.6 Å². The van der Waals surface area contributed by atoms with Crippen LogP contribution in [-0.2, 0) is 0 Å². The molecule has 2 heteroatoms. The van der Waals surface area contributed by atoms with E-state index in [2.05, 4.69) is 39.9 Å². The van der Waals surface area contributed by atoms with Crippen molar-refractivity contribution in [3.63, 3.8) is 0 Å². The van der Waals surface area contributed by atoms with Crippen molar-refractivity contribution in [1.29, 1.82) is 0 Å². The maximum atomic E-state index is 9.55. The molecule has 0 aromatic rings. The van der Waals surface area contributed by atoms with Crippen molar-refractivity contribution in [2.45, 2.75) is 72.8 Å². The fraction of sp³-hybridized carbons (Fsp3) is 1.00. The van der Waals surface area contributed by atoms with Gasteiger partial charge in [0.15, 0.2) is 0 Å². The molecular weight excluding hydrogens is 210 g/mol. The standard InChI is InChI=1S/C15H33NO/c1-6-13(5)10-14(7-2)16-11-15(8-3,9-4)12-17/h13-14,16-17H,6-12H2,1-5H3. The second-order valence-electron chi connectivity index (χ2n) is 5.60. The van der Waals surface area contributed by atoms with Gasteiger partial charge in [0.25, 0.3) is 0 Å². The molecule has 0 spiro atoms. The van der Waals surface area contributed by atoms with Gasteiger partial charge in [0.1, 0.15) is 0 Å². The van der Waals surface area contributed by atoms with Gasteiger partial charge in [0.2, 0.25) is 0 Å². The topological polar surface area (TPSA) is 32.3 Å². The van der Waals surface area contributed by atoms with E-state index in [0.717, 1.165) is 25.3 Å². The van der Waals surface area contributed by atoms with E-state index in [1.807, 2.05) is 0 Å². The molecule has 2 nitrogen and oxygen atoms in total. The summed E-state index contributed by atoms with van der Waals surface area (Å²) in [6, 6.07) is 0.606. The summed E-state index contributed by atoms with van der Waals surface area (Å²) in [6.07, 6.45) is 5.78. The van der Waals surface area contributed by atoms with E-state index in [4.69, 9.17) is 0 Å². The van der Waals surface area contributed by atoms with Gasteiger partial charge < -0.3 is 10.4 Å². The van der Waals surface area contributed by atoms with Crippen LogP contribution in [0.15, 0.2) is 0 Å². The van der Waals surface area contributed by atoms with Gasteiger partial charge in [-0.15, -0.1) is 0 Å². The summed E-state index contributed by atoms with van der Waals surface area (Å²) in [5.74, 6) is 0.791. The predicted molar refractivity (Wildman–Crippen MR) is 76.3 cm³/mol. The lowest BCUT2D eigenvalue weighted by atomic mass is 9.82. The van der Waals surface area contributed by atoms with Crippen molar-refractivity contribution >= 4 is 0 Å². The third-order valence-corrected chi connectivity index (χ3v) is 4.48. The number of rotatable bonds is 10. The Morgan fingerprint density at radius 2 is 1.65 bits per heavy atom. The fourth-order valence-electron chi connectivity index (χ4n) is 2.19. The van der Waals surface area contributed by atoms with Crippen LogP contribution < -0.4 is 5.32 Å². The summed E-state index contributed by atoms with van der Waals surface area (Å²) in [4.78, 5) is 0. The Kier molecular flexibility index (Phi) is 8.89. The first-order chi connectivity index (χ1) is 8.07. The molecule has 0 bridgehead atoms. The lowest BCUT2D eigenvalue weighted by Crippen LogP contribution is -2.41. The summed E-state index contributed by atoms with van der Waals surface area (Å²) in [7, 11) is 0. The molecule has 0 amide bonds. The first kappa shape index (κ1) is 16.9. The summed E-state index contributed by atoms with van der Waals surface area (Å²) in [5.41, 5.74) is 0.0862. The highest BCUT2D eigenvalue weighted by Gasteiger charge is 2.25. The van der Waals surface area contributed by atoms with Gasteiger partial charge >= 0.3 is 0 Å². The molecule has 0 aromatic carbocycles. The maximum Gasteiger partial charge on any atom is 0.0499 e. The van der Waals surface area contributed by atoms with Crippen LogP contribution in [0.25, 0.3) is 0 Å². The third-order valence-electron chi connectivity index (χ3n) is 4.48. The van der Waals surface area contributed by atoms with E-state index in [0.29, 0.717) is 12.6 Å². The second-order valence-corrected chi connectivity index (χ2v) is 5.60. The normalized spacial score (nSPS) is 15.9. The number of nitrogens with one attached hydrogen (secondary N) is 1. The zero-order valence-corrected chi connectivity index (χ0v) is 12.6. The summed E-state index contributed by atoms with van der Waals surface area (Å²) in [5, 5.41) is 13.2. The molecule has 2 unspecified atom stereocenters. The number of hydrogen-bond acceptors (Lipinski definition) is 2. The Labute approximate surface area is 108 Å². The molecule has 2 N–H and O–H groups in total. The highest BCUT2D eigenvalue weighted by molar-refractivity contribution is 4.80. The highest BCUT2D eigenvalue weighted by Crippen LogP contribution is 2.25. The zero-order valence-electron chi connectivity index (χ0n) is 12.6. The first-order valence-electron chi connectivity index (χ1n) is 7.41. The van der Waals surface area contributed by atoms with Crippen LogP contribution in [0.3, 0.4) is 0 Å². The Morgan fingerprint density at radius 3 is 2.00 bits per heavy atom. The van der Waals surface area contributed by atoms with Crippen molar-refractivity contribution in [2.24, 2.45) is 11.3 Å². The average molecular weight is 243 g/mol. The smallest absolute Gasteiger partial charge is 0.0499 e. The monoisotopic (exact) mass is 243 g/mol. The fourth-order valence-corrected chi connectivity index (χ4v) is 2.19. The molecule has 0 fully saturated rings. The van der Waals surface area contributed by atoms with Crippen LogP contribution >= 0.6 is 0 Å². The molecule has 0 heterocycles. The third kappa shape index (κ3) is 5.87. The molecule has 0 saturated heterocycles. The molecule has 17 heavy (non-hydrogen) atoms. The lowest BCUT2D eigenvalue weighted by Gasteiger charge is -2.32. The van der Waals surface area contributed by atoms with Crippen LogP contribution in [0.5, 0.6) is 0 Å². The van der Waals surface area contributed by atoms with Crippen LogP contribution in [0.4, 0.5) is 0 Å². The van der Waals surface area contributed by atoms with Gasteiger partial charge in [-0.05, 0) is 31.6 Å². The van der Waals surface area contributed by atoms with E-state index in [1.54, 1.807) is 0 Å². The van der Waals surface area contributed by atoms with Gasteiger partial charge in [-0.2, -0.15) is 0 Å². The summed E-state index contributed by atoms with van der Waals surface area (Å²) in [6.45, 7) is 12.4. The molecule has 0 saturated carbocycles. The van der Waals surface area contributed by atoms with E-state index in [1.165, 1.54) is 19.3 Å². The van der Waals surface area contributed by atoms with E-state index >= 15 is 0 Å². The van der Waals surface area contributed by atoms with Crippen LogP contribution in [0.1, 0.15) is 66.7 Å². The van der Waals surface area contributed by atoms with E-state index < -0.39 is 0 Å². The van der Waals surface area contributed by atoms with Gasteiger partial charge in [-0.3, -0.25) is 0 Å². The van der Waals surface area contributed by atoms with E-state index in [9.17, 15) is 5.11 Å². The molecule has 0 aliphatic heterocycles. The van der Waals surface area contributed by atoms with Crippen LogP contribution in [-0.4, -0.2) is 24.3 Å². The maximum absolute atomic E-state index is 9.55. The van der Waals surface area contributed by atoms with Crippen molar-refractivity contribution in [3.05, 3.63) is 0 Å². The molecule has 104 valence electrons. The number of hydrogen-bond donors (Lipinski definition) is 2. The summed E-state index contributed by atoms with van der Waals surface area (Å²) >= 11 is 0. The first-order valence-corrected chi connectivity index (χ1v) is 7.41. The Balaban J connectivity index is 4.20. The zero-order chi connectivity index (χ0) is 13.3. The average Bonchev–Trinajstić information content (AvgIpc) is 2.39. The van der Waals surface area contributed by atoms with Crippen molar-refractivity contribution in [2.75, 3.05) is 13.2 Å². The minimum Gasteiger partial charge on any atom is -0.396 e. The lowest BCUT2D eigenvalue weighted by molar-refractivity contribution is 0.108. The largest absolute Gasteiger partial charge is 0.396 e. The quantitative estimate of drug-likeness (QED) is 0.614. The molecule has 0 aliphatic carbocycles. The van der Waals surface area contributed by atoms with Crippen LogP contribution in [0, 0.1) is 11.3 Å². The molecule has 0 rings (SSSR count). The number of aliphatic hydroxyl groups excluding tert-OH is 1.